The molecular formula is C23H30N2O3. The van der Waals surface area contributed by atoms with Crippen LogP contribution in [0.5, 0.6) is 11.5 Å². The van der Waals surface area contributed by atoms with Gasteiger partial charge in [-0.25, -0.2) is 0 Å². The van der Waals surface area contributed by atoms with Crippen molar-refractivity contribution >= 4 is 16.7 Å². The van der Waals surface area contributed by atoms with Crippen LogP contribution in [0.3, 0.4) is 0 Å². The number of hydrogen-bond acceptors (Lipinski definition) is 4. The van der Waals surface area contributed by atoms with Crippen molar-refractivity contribution in [3.8, 4) is 11.5 Å². The lowest BCUT2D eigenvalue weighted by Gasteiger charge is -2.31. The van der Waals surface area contributed by atoms with Gasteiger partial charge in [-0.1, -0.05) is 18.2 Å². The normalized spacial score (nSPS) is 24.7. The Balaban J connectivity index is 1.58. The molecule has 2 aliphatic rings. The predicted octanol–water partition coefficient (Wildman–Crippen LogP) is 3.55. The number of nitrogens with zero attached hydrogens (tertiary/aromatic N) is 2. The van der Waals surface area contributed by atoms with Gasteiger partial charge in [0.05, 0.1) is 14.2 Å². The van der Waals surface area contributed by atoms with Crippen LogP contribution in [-0.4, -0.2) is 56.6 Å². The summed E-state index contributed by atoms with van der Waals surface area (Å²) >= 11 is 0. The molecule has 5 nitrogen and oxygen atoms in total. The SMILES string of the molecule is COc1ccc(CN(C)[C@@H]2C[C@@H]3CC(=O)N(C)C[C@@H]3C2)c2c(OC)cccc12. The van der Waals surface area contributed by atoms with Gasteiger partial charge in [-0.15, -0.1) is 0 Å². The molecule has 3 atom stereocenters. The quantitative estimate of drug-likeness (QED) is 0.793. The van der Waals surface area contributed by atoms with Gasteiger partial charge >= 0.3 is 0 Å². The molecule has 1 aliphatic heterocycles. The maximum absolute atomic E-state index is 12.1. The number of likely N-dealkylation sites (tertiary alicyclic amines) is 1. The molecule has 4 rings (SSSR count). The van der Waals surface area contributed by atoms with E-state index in [2.05, 4.69) is 24.1 Å². The molecule has 0 bridgehead atoms. The van der Waals surface area contributed by atoms with E-state index >= 15 is 0 Å². The van der Waals surface area contributed by atoms with Crippen molar-refractivity contribution in [1.29, 1.82) is 0 Å². The van der Waals surface area contributed by atoms with Gasteiger partial charge in [-0.3, -0.25) is 9.69 Å². The lowest BCUT2D eigenvalue weighted by Crippen LogP contribution is -2.39. The first-order chi connectivity index (χ1) is 13.5. The van der Waals surface area contributed by atoms with Crippen molar-refractivity contribution in [3.05, 3.63) is 35.9 Å². The van der Waals surface area contributed by atoms with E-state index in [1.165, 1.54) is 12.0 Å². The summed E-state index contributed by atoms with van der Waals surface area (Å²) in [5, 5.41) is 2.21. The average molecular weight is 383 g/mol. The summed E-state index contributed by atoms with van der Waals surface area (Å²) in [5.41, 5.74) is 1.25. The van der Waals surface area contributed by atoms with Crippen LogP contribution in [0.15, 0.2) is 30.3 Å². The highest BCUT2D eigenvalue weighted by Crippen LogP contribution is 2.41. The van der Waals surface area contributed by atoms with E-state index < -0.39 is 0 Å². The summed E-state index contributed by atoms with van der Waals surface area (Å²) < 4.78 is 11.2. The van der Waals surface area contributed by atoms with Gasteiger partial charge in [0.1, 0.15) is 11.5 Å². The summed E-state index contributed by atoms with van der Waals surface area (Å²) in [4.78, 5) is 16.4. The van der Waals surface area contributed by atoms with Gasteiger partial charge in [0.25, 0.3) is 0 Å². The highest BCUT2D eigenvalue weighted by Gasteiger charge is 2.41. The van der Waals surface area contributed by atoms with Gasteiger partial charge in [-0.2, -0.15) is 0 Å². The van der Waals surface area contributed by atoms with E-state index in [0.717, 1.165) is 41.8 Å². The summed E-state index contributed by atoms with van der Waals surface area (Å²) in [6.07, 6.45) is 3.00. The average Bonchev–Trinajstić information content (AvgIpc) is 3.10. The first kappa shape index (κ1) is 19.1. The fraction of sp³-hybridized carbons (Fsp3) is 0.522. The standard InChI is InChI=1S/C23H30N2O3/c1-24(18-10-16-12-22(26)25(2)14-17(16)11-18)13-15-8-9-20(27-3)19-6-5-7-21(28-4)23(15)19/h5-9,16-18H,10-14H2,1-4H3/t16-,17+,18-/m1/s1. The number of hydrogen-bond donors (Lipinski definition) is 0. The van der Waals surface area contributed by atoms with Crippen LogP contribution >= 0.6 is 0 Å². The third-order valence-corrected chi connectivity index (χ3v) is 6.72. The maximum Gasteiger partial charge on any atom is 0.222 e. The molecule has 2 aromatic carbocycles. The number of methoxy groups -OCH3 is 2. The van der Waals surface area contributed by atoms with Gasteiger partial charge < -0.3 is 14.4 Å². The Bertz CT molecular complexity index is 882. The minimum Gasteiger partial charge on any atom is -0.496 e. The fourth-order valence-corrected chi connectivity index (χ4v) is 5.14. The van der Waals surface area contributed by atoms with Crippen molar-refractivity contribution < 1.29 is 14.3 Å². The number of piperidine rings is 1. The molecule has 1 saturated carbocycles. The molecule has 0 N–H and O–H groups in total. The summed E-state index contributed by atoms with van der Waals surface area (Å²) in [7, 11) is 7.57. The molecule has 0 radical (unpaired) electrons. The first-order valence-corrected chi connectivity index (χ1v) is 10.1. The fourth-order valence-electron chi connectivity index (χ4n) is 5.14. The molecule has 28 heavy (non-hydrogen) atoms. The zero-order valence-corrected chi connectivity index (χ0v) is 17.3. The van der Waals surface area contributed by atoms with Gasteiger partial charge in [-0.05, 0) is 49.4 Å². The molecule has 1 saturated heterocycles. The Morgan fingerprint density at radius 1 is 1.07 bits per heavy atom. The minimum absolute atomic E-state index is 0.301. The molecule has 5 heteroatoms. The molecule has 0 spiro atoms. The first-order valence-electron chi connectivity index (χ1n) is 10.1. The third kappa shape index (κ3) is 3.32. The number of benzene rings is 2. The monoisotopic (exact) mass is 382 g/mol. The van der Waals surface area contributed by atoms with Crippen LogP contribution in [-0.2, 0) is 11.3 Å². The molecular weight excluding hydrogens is 352 g/mol. The van der Waals surface area contributed by atoms with Crippen LogP contribution in [0, 0.1) is 11.8 Å². The summed E-state index contributed by atoms with van der Waals surface area (Å²) in [5.74, 6) is 3.23. The van der Waals surface area contributed by atoms with Crippen molar-refractivity contribution in [1.82, 2.24) is 9.80 Å². The number of rotatable bonds is 5. The maximum atomic E-state index is 12.1. The Morgan fingerprint density at radius 3 is 2.57 bits per heavy atom. The summed E-state index contributed by atoms with van der Waals surface area (Å²) in [6, 6.07) is 10.8. The second kappa shape index (κ2) is 7.63. The Hall–Kier alpha value is -2.27. The lowest BCUT2D eigenvalue weighted by atomic mass is 9.88. The molecule has 1 aliphatic carbocycles. The van der Waals surface area contributed by atoms with E-state index in [1.807, 2.05) is 30.1 Å². The van der Waals surface area contributed by atoms with Crippen LogP contribution in [0.1, 0.15) is 24.8 Å². The number of ether oxygens (including phenoxy) is 2. The van der Waals surface area contributed by atoms with Gasteiger partial charge in [0.2, 0.25) is 5.91 Å². The van der Waals surface area contributed by atoms with Crippen LogP contribution < -0.4 is 9.47 Å². The third-order valence-electron chi connectivity index (χ3n) is 6.72. The molecule has 1 heterocycles. The Morgan fingerprint density at radius 2 is 1.82 bits per heavy atom. The van der Waals surface area contributed by atoms with E-state index in [0.29, 0.717) is 30.2 Å². The number of fused-ring (bicyclic) bond motifs is 2. The number of amides is 1. The van der Waals surface area contributed by atoms with Gasteiger partial charge in [0.15, 0.2) is 0 Å². The number of carbonyl (C=O) groups excluding carboxylic acids is 1. The second-order valence-electron chi connectivity index (χ2n) is 8.35. The van der Waals surface area contributed by atoms with Crippen LogP contribution in [0.4, 0.5) is 0 Å². The molecule has 0 aromatic heterocycles. The van der Waals surface area contributed by atoms with E-state index in [1.54, 1.807) is 14.2 Å². The smallest absolute Gasteiger partial charge is 0.222 e. The molecule has 2 aromatic rings. The van der Waals surface area contributed by atoms with Crippen molar-refractivity contribution in [2.45, 2.75) is 31.8 Å². The highest BCUT2D eigenvalue weighted by molar-refractivity contribution is 5.95. The zero-order chi connectivity index (χ0) is 19.8. The molecule has 2 fully saturated rings. The van der Waals surface area contributed by atoms with E-state index in [4.69, 9.17) is 9.47 Å². The topological polar surface area (TPSA) is 42.0 Å². The molecule has 1 amide bonds. The van der Waals surface area contributed by atoms with Crippen molar-refractivity contribution in [3.63, 3.8) is 0 Å². The van der Waals surface area contributed by atoms with E-state index in [-0.39, 0.29) is 0 Å². The van der Waals surface area contributed by atoms with Crippen LogP contribution in [0.25, 0.3) is 10.8 Å². The van der Waals surface area contributed by atoms with Crippen molar-refractivity contribution in [2.75, 3.05) is 34.9 Å². The lowest BCUT2D eigenvalue weighted by molar-refractivity contribution is -0.134. The Kier molecular flexibility index (Phi) is 5.19. The highest BCUT2D eigenvalue weighted by atomic mass is 16.5. The van der Waals surface area contributed by atoms with Crippen molar-refractivity contribution in [2.24, 2.45) is 11.8 Å². The van der Waals surface area contributed by atoms with Crippen LogP contribution in [0.2, 0.25) is 0 Å². The second-order valence-corrected chi connectivity index (χ2v) is 8.35. The molecule has 0 unspecified atom stereocenters. The van der Waals surface area contributed by atoms with Gasteiger partial charge in [0, 0.05) is 43.4 Å². The zero-order valence-electron chi connectivity index (χ0n) is 17.3. The Labute approximate surface area is 167 Å². The minimum atomic E-state index is 0.301. The predicted molar refractivity (Wildman–Crippen MR) is 111 cm³/mol. The number of carbonyl (C=O) groups is 1. The van der Waals surface area contributed by atoms with E-state index in [9.17, 15) is 4.79 Å². The largest absolute Gasteiger partial charge is 0.496 e. The molecule has 150 valence electrons. The summed E-state index contributed by atoms with van der Waals surface area (Å²) in [6.45, 7) is 1.77.